The average molecular weight is 313 g/mol. The molecule has 1 aromatic rings. The van der Waals surface area contributed by atoms with E-state index >= 15 is 0 Å². The molecule has 0 saturated carbocycles. The summed E-state index contributed by atoms with van der Waals surface area (Å²) < 4.78 is 10.5. The van der Waals surface area contributed by atoms with Crippen LogP contribution in [0.3, 0.4) is 0 Å². The minimum Gasteiger partial charge on any atom is -0.495 e. The van der Waals surface area contributed by atoms with E-state index in [9.17, 15) is 9.59 Å². The molecule has 1 N–H and O–H groups in total. The van der Waals surface area contributed by atoms with E-state index in [1.54, 1.807) is 16.3 Å². The lowest BCUT2D eigenvalue weighted by Crippen LogP contribution is -2.44. The van der Waals surface area contributed by atoms with Gasteiger partial charge in [0.25, 0.3) is 5.91 Å². The minimum atomic E-state index is -0.905. The van der Waals surface area contributed by atoms with E-state index in [2.05, 4.69) is 0 Å². The van der Waals surface area contributed by atoms with Crippen molar-refractivity contribution in [2.24, 2.45) is 0 Å². The molecule has 2 heterocycles. The van der Waals surface area contributed by atoms with E-state index in [0.29, 0.717) is 23.8 Å². The summed E-state index contributed by atoms with van der Waals surface area (Å²) in [7, 11) is 1.52. The molecular formula is C14H19NO5S. The van der Waals surface area contributed by atoms with Gasteiger partial charge in [0.1, 0.15) is 10.6 Å². The molecule has 21 heavy (non-hydrogen) atoms. The Morgan fingerprint density at radius 1 is 1.48 bits per heavy atom. The third-order valence-corrected chi connectivity index (χ3v) is 4.39. The van der Waals surface area contributed by atoms with Crippen LogP contribution < -0.4 is 4.74 Å². The number of methoxy groups -OCH3 is 1. The van der Waals surface area contributed by atoms with Crippen LogP contribution >= 0.6 is 11.3 Å². The van der Waals surface area contributed by atoms with E-state index in [1.165, 1.54) is 18.4 Å². The number of amides is 1. The van der Waals surface area contributed by atoms with Crippen LogP contribution in [0.25, 0.3) is 0 Å². The highest BCUT2D eigenvalue weighted by atomic mass is 32.1. The Bertz CT molecular complexity index is 495. The van der Waals surface area contributed by atoms with E-state index in [4.69, 9.17) is 14.6 Å². The molecule has 0 spiro atoms. The summed E-state index contributed by atoms with van der Waals surface area (Å²) in [4.78, 5) is 25.7. The van der Waals surface area contributed by atoms with Crippen LogP contribution in [-0.4, -0.2) is 54.8 Å². The molecule has 1 fully saturated rings. The lowest BCUT2D eigenvalue weighted by Gasteiger charge is -2.34. The normalized spacial score (nSPS) is 15.7. The molecular weight excluding hydrogens is 294 g/mol. The largest absolute Gasteiger partial charge is 0.495 e. The summed E-state index contributed by atoms with van der Waals surface area (Å²) in [6, 6.07) is 1.77. The Labute approximate surface area is 127 Å². The van der Waals surface area contributed by atoms with Gasteiger partial charge in [-0.3, -0.25) is 9.59 Å². The fourth-order valence-corrected chi connectivity index (χ4v) is 3.22. The maximum atomic E-state index is 12.7. The van der Waals surface area contributed by atoms with Crippen molar-refractivity contribution in [2.45, 2.75) is 25.3 Å². The van der Waals surface area contributed by atoms with Crippen molar-refractivity contribution >= 4 is 23.2 Å². The highest BCUT2D eigenvalue weighted by molar-refractivity contribution is 7.12. The maximum absolute atomic E-state index is 12.7. The van der Waals surface area contributed by atoms with Gasteiger partial charge in [-0.15, -0.1) is 11.3 Å². The quantitative estimate of drug-likeness (QED) is 0.867. The van der Waals surface area contributed by atoms with E-state index in [-0.39, 0.29) is 24.9 Å². The number of ether oxygens (including phenoxy) is 2. The standard InChI is InChI=1S/C14H19NO5S/c1-19-11-5-9-21-13(11)14(18)15(6-2-12(16)17)10-3-7-20-8-4-10/h5,9-10H,2-4,6-8H2,1H3,(H,16,17). The van der Waals surface area contributed by atoms with Crippen LogP contribution in [0.1, 0.15) is 28.9 Å². The molecule has 0 bridgehead atoms. The van der Waals surface area contributed by atoms with Gasteiger partial charge in [-0.1, -0.05) is 0 Å². The summed E-state index contributed by atoms with van der Waals surface area (Å²) >= 11 is 1.31. The summed E-state index contributed by atoms with van der Waals surface area (Å²) in [5, 5.41) is 10.7. The Morgan fingerprint density at radius 3 is 2.81 bits per heavy atom. The SMILES string of the molecule is COc1ccsc1C(=O)N(CCC(=O)O)C1CCOCC1. The van der Waals surface area contributed by atoms with Crippen molar-refractivity contribution in [1.82, 2.24) is 4.90 Å². The molecule has 6 nitrogen and oxygen atoms in total. The predicted octanol–water partition coefficient (Wildman–Crippen LogP) is 1.85. The summed E-state index contributed by atoms with van der Waals surface area (Å²) in [6.45, 7) is 1.41. The number of hydrogen-bond donors (Lipinski definition) is 1. The van der Waals surface area contributed by atoms with Crippen LogP contribution in [0.5, 0.6) is 5.75 Å². The van der Waals surface area contributed by atoms with Crippen molar-refractivity contribution in [3.8, 4) is 5.75 Å². The van der Waals surface area contributed by atoms with Gasteiger partial charge >= 0.3 is 5.97 Å². The summed E-state index contributed by atoms with van der Waals surface area (Å²) in [5.41, 5.74) is 0. The van der Waals surface area contributed by atoms with E-state index < -0.39 is 5.97 Å². The molecule has 1 aromatic heterocycles. The fourth-order valence-electron chi connectivity index (χ4n) is 2.41. The number of carbonyl (C=O) groups excluding carboxylic acids is 1. The van der Waals surface area contributed by atoms with Gasteiger partial charge in [0.2, 0.25) is 0 Å². The van der Waals surface area contributed by atoms with Crippen molar-refractivity contribution in [2.75, 3.05) is 26.9 Å². The molecule has 2 rings (SSSR count). The third kappa shape index (κ3) is 3.95. The summed E-state index contributed by atoms with van der Waals surface area (Å²) in [5.74, 6) is -0.523. The maximum Gasteiger partial charge on any atom is 0.305 e. The Balaban J connectivity index is 2.16. The topological polar surface area (TPSA) is 76.1 Å². The Morgan fingerprint density at radius 2 is 2.19 bits per heavy atom. The molecule has 1 aliphatic heterocycles. The number of thiophene rings is 1. The van der Waals surface area contributed by atoms with Crippen molar-refractivity contribution < 1.29 is 24.2 Å². The van der Waals surface area contributed by atoms with Gasteiger partial charge < -0.3 is 19.5 Å². The second-order valence-electron chi connectivity index (χ2n) is 4.80. The fraction of sp³-hybridized carbons (Fsp3) is 0.571. The van der Waals surface area contributed by atoms with Crippen molar-refractivity contribution in [3.63, 3.8) is 0 Å². The molecule has 0 radical (unpaired) electrons. The Hall–Kier alpha value is -1.60. The lowest BCUT2D eigenvalue weighted by atomic mass is 10.1. The molecule has 1 aliphatic rings. The van der Waals surface area contributed by atoms with E-state index in [1.807, 2.05) is 0 Å². The first kappa shape index (κ1) is 15.8. The van der Waals surface area contributed by atoms with Crippen LogP contribution in [0.2, 0.25) is 0 Å². The molecule has 1 saturated heterocycles. The molecule has 116 valence electrons. The third-order valence-electron chi connectivity index (χ3n) is 3.50. The molecule has 0 atom stereocenters. The van der Waals surface area contributed by atoms with Crippen molar-refractivity contribution in [1.29, 1.82) is 0 Å². The zero-order chi connectivity index (χ0) is 15.2. The molecule has 0 aliphatic carbocycles. The van der Waals surface area contributed by atoms with E-state index in [0.717, 1.165) is 12.8 Å². The number of carboxylic acids is 1. The van der Waals surface area contributed by atoms with Gasteiger partial charge in [-0.25, -0.2) is 0 Å². The number of nitrogens with zero attached hydrogens (tertiary/aromatic N) is 1. The monoisotopic (exact) mass is 313 g/mol. The van der Waals surface area contributed by atoms with Gasteiger partial charge in [-0.2, -0.15) is 0 Å². The number of aliphatic carboxylic acids is 1. The highest BCUT2D eigenvalue weighted by Gasteiger charge is 2.29. The van der Waals surface area contributed by atoms with Crippen LogP contribution in [0.4, 0.5) is 0 Å². The first-order chi connectivity index (χ1) is 10.1. The first-order valence-corrected chi connectivity index (χ1v) is 7.73. The number of carboxylic acid groups (broad SMARTS) is 1. The molecule has 0 aromatic carbocycles. The highest BCUT2D eigenvalue weighted by Crippen LogP contribution is 2.28. The number of carbonyl (C=O) groups is 2. The average Bonchev–Trinajstić information content (AvgIpc) is 2.96. The zero-order valence-electron chi connectivity index (χ0n) is 11.9. The first-order valence-electron chi connectivity index (χ1n) is 6.85. The van der Waals surface area contributed by atoms with Crippen LogP contribution in [-0.2, 0) is 9.53 Å². The minimum absolute atomic E-state index is 0.0254. The molecule has 1 amide bonds. The summed E-state index contributed by atoms with van der Waals surface area (Å²) in [6.07, 6.45) is 1.41. The zero-order valence-corrected chi connectivity index (χ0v) is 12.7. The van der Waals surface area contributed by atoms with Crippen LogP contribution in [0, 0.1) is 0 Å². The second kappa shape index (κ2) is 7.42. The molecule has 0 unspecified atom stereocenters. The van der Waals surface area contributed by atoms with Gasteiger partial charge in [0, 0.05) is 25.8 Å². The van der Waals surface area contributed by atoms with Gasteiger partial charge in [0.05, 0.1) is 13.5 Å². The smallest absolute Gasteiger partial charge is 0.305 e. The van der Waals surface area contributed by atoms with Gasteiger partial charge in [0.15, 0.2) is 0 Å². The Kier molecular flexibility index (Phi) is 5.58. The van der Waals surface area contributed by atoms with Crippen LogP contribution in [0.15, 0.2) is 11.4 Å². The number of hydrogen-bond acceptors (Lipinski definition) is 5. The second-order valence-corrected chi connectivity index (χ2v) is 5.72. The lowest BCUT2D eigenvalue weighted by molar-refractivity contribution is -0.137. The molecule has 7 heteroatoms. The number of rotatable bonds is 6. The van der Waals surface area contributed by atoms with Gasteiger partial charge in [-0.05, 0) is 24.3 Å². The van der Waals surface area contributed by atoms with Crippen molar-refractivity contribution in [3.05, 3.63) is 16.3 Å². The predicted molar refractivity (Wildman–Crippen MR) is 78.0 cm³/mol.